The van der Waals surface area contributed by atoms with Crippen LogP contribution in [-0.2, 0) is 6.42 Å². The van der Waals surface area contributed by atoms with Gasteiger partial charge in [0.2, 0.25) is 0 Å². The minimum atomic E-state index is 0.322. The molecule has 0 aromatic heterocycles. The van der Waals surface area contributed by atoms with Gasteiger partial charge in [0.15, 0.2) is 5.78 Å². The number of hydrogen-bond donors (Lipinski definition) is 0. The van der Waals surface area contributed by atoms with Crippen LogP contribution in [0.5, 0.6) is 0 Å². The first-order valence-corrected chi connectivity index (χ1v) is 5.91. The quantitative estimate of drug-likeness (QED) is 0.681. The smallest absolute Gasteiger partial charge is 0.163 e. The molecule has 1 aliphatic carbocycles. The predicted molar refractivity (Wildman–Crippen MR) is 62.1 cm³/mol. The fourth-order valence-electron chi connectivity index (χ4n) is 2.00. The van der Waals surface area contributed by atoms with Gasteiger partial charge in [0, 0.05) is 12.0 Å². The molecule has 0 amide bonds. The fraction of sp³-hybridized carbons (Fsp3) is 0.500. The van der Waals surface area contributed by atoms with Crippen LogP contribution in [0.4, 0.5) is 0 Å². The van der Waals surface area contributed by atoms with Crippen molar-refractivity contribution < 1.29 is 4.79 Å². The van der Waals surface area contributed by atoms with E-state index in [1.807, 2.05) is 12.1 Å². The van der Waals surface area contributed by atoms with Crippen molar-refractivity contribution >= 4 is 5.78 Å². The molecule has 1 aromatic carbocycles. The fourth-order valence-corrected chi connectivity index (χ4v) is 2.00. The van der Waals surface area contributed by atoms with Crippen molar-refractivity contribution in [2.24, 2.45) is 5.92 Å². The molecule has 0 radical (unpaired) electrons. The van der Waals surface area contributed by atoms with Gasteiger partial charge in [-0.15, -0.1) is 0 Å². The van der Waals surface area contributed by atoms with E-state index in [0.717, 1.165) is 18.4 Å². The van der Waals surface area contributed by atoms with Crippen LogP contribution < -0.4 is 0 Å². The van der Waals surface area contributed by atoms with Crippen LogP contribution in [0.25, 0.3) is 0 Å². The van der Waals surface area contributed by atoms with Crippen LogP contribution in [0, 0.1) is 5.92 Å². The monoisotopic (exact) mass is 202 g/mol. The van der Waals surface area contributed by atoms with Gasteiger partial charge in [-0.05, 0) is 17.9 Å². The third-order valence-corrected chi connectivity index (χ3v) is 3.38. The first-order chi connectivity index (χ1) is 7.29. The van der Waals surface area contributed by atoms with Crippen molar-refractivity contribution in [1.29, 1.82) is 0 Å². The molecule has 0 aliphatic heterocycles. The molecule has 15 heavy (non-hydrogen) atoms. The molecule has 0 spiro atoms. The highest BCUT2D eigenvalue weighted by Crippen LogP contribution is 2.30. The Morgan fingerprint density at radius 3 is 2.40 bits per heavy atom. The van der Waals surface area contributed by atoms with E-state index >= 15 is 0 Å². The lowest BCUT2D eigenvalue weighted by molar-refractivity contribution is 0.0936. The molecule has 1 saturated carbocycles. The highest BCUT2D eigenvalue weighted by molar-refractivity contribution is 5.96. The number of hydrogen-bond acceptors (Lipinski definition) is 1. The summed E-state index contributed by atoms with van der Waals surface area (Å²) in [7, 11) is 0. The summed E-state index contributed by atoms with van der Waals surface area (Å²) in [5.74, 6) is 0.991. The average molecular weight is 202 g/mol. The summed E-state index contributed by atoms with van der Waals surface area (Å²) in [5.41, 5.74) is 2.19. The predicted octanol–water partition coefficient (Wildman–Crippen LogP) is 3.62. The largest absolute Gasteiger partial charge is 0.294 e. The maximum atomic E-state index is 11.8. The molecular formula is C14H18O. The summed E-state index contributed by atoms with van der Waals surface area (Å²) in [4.78, 5) is 11.8. The van der Waals surface area contributed by atoms with Gasteiger partial charge in [-0.1, -0.05) is 50.5 Å². The summed E-state index contributed by atoms with van der Waals surface area (Å²) in [6, 6.07) is 8.07. The molecule has 0 N–H and O–H groups in total. The average Bonchev–Trinajstić information content (AvgIpc) is 2.23. The Balaban J connectivity index is 1.98. The van der Waals surface area contributed by atoms with Crippen molar-refractivity contribution in [1.82, 2.24) is 0 Å². The number of carbonyl (C=O) groups excluding carboxylic acids is 1. The molecule has 1 nitrogen and oxygen atoms in total. The summed E-state index contributed by atoms with van der Waals surface area (Å²) in [6.45, 7) is 2.13. The minimum Gasteiger partial charge on any atom is -0.294 e. The molecule has 1 aliphatic rings. The summed E-state index contributed by atoms with van der Waals surface area (Å²) < 4.78 is 0. The molecule has 80 valence electrons. The molecule has 2 rings (SSSR count). The van der Waals surface area contributed by atoms with Gasteiger partial charge in [-0.3, -0.25) is 4.79 Å². The molecular weight excluding hydrogens is 184 g/mol. The van der Waals surface area contributed by atoms with Crippen LogP contribution in [0.3, 0.4) is 0 Å². The summed E-state index contributed by atoms with van der Waals surface area (Å²) in [6.07, 6.45) is 5.60. The van der Waals surface area contributed by atoms with Crippen molar-refractivity contribution in [3.8, 4) is 0 Å². The van der Waals surface area contributed by atoms with E-state index in [1.165, 1.54) is 24.8 Å². The molecule has 1 aromatic rings. The summed E-state index contributed by atoms with van der Waals surface area (Å²) in [5, 5.41) is 0. The van der Waals surface area contributed by atoms with E-state index in [0.29, 0.717) is 11.7 Å². The molecule has 0 heterocycles. The van der Waals surface area contributed by atoms with Crippen LogP contribution in [0.1, 0.15) is 48.5 Å². The number of benzene rings is 1. The number of Topliss-reactive ketones (excluding diaryl/α,β-unsaturated/α-hetero) is 1. The SMILES string of the molecule is CCc1ccc(C(=O)CC2CCC2)cc1. The molecule has 1 heteroatoms. The Hall–Kier alpha value is -1.11. The second kappa shape index (κ2) is 4.61. The van der Waals surface area contributed by atoms with Crippen molar-refractivity contribution in [2.75, 3.05) is 0 Å². The van der Waals surface area contributed by atoms with Crippen LogP contribution >= 0.6 is 0 Å². The van der Waals surface area contributed by atoms with E-state index in [2.05, 4.69) is 19.1 Å². The van der Waals surface area contributed by atoms with Gasteiger partial charge in [-0.25, -0.2) is 0 Å². The Morgan fingerprint density at radius 2 is 1.93 bits per heavy atom. The van der Waals surface area contributed by atoms with Crippen molar-refractivity contribution in [3.63, 3.8) is 0 Å². The van der Waals surface area contributed by atoms with Gasteiger partial charge >= 0.3 is 0 Å². The zero-order valence-corrected chi connectivity index (χ0v) is 9.33. The van der Waals surface area contributed by atoms with E-state index in [4.69, 9.17) is 0 Å². The van der Waals surface area contributed by atoms with Crippen LogP contribution in [-0.4, -0.2) is 5.78 Å². The Labute approximate surface area is 91.5 Å². The zero-order chi connectivity index (χ0) is 10.7. The van der Waals surface area contributed by atoms with E-state index < -0.39 is 0 Å². The Bertz CT molecular complexity index is 333. The van der Waals surface area contributed by atoms with Crippen molar-refractivity contribution in [3.05, 3.63) is 35.4 Å². The Morgan fingerprint density at radius 1 is 1.27 bits per heavy atom. The first kappa shape index (κ1) is 10.4. The zero-order valence-electron chi connectivity index (χ0n) is 9.33. The second-order valence-corrected chi connectivity index (χ2v) is 4.47. The third kappa shape index (κ3) is 2.47. The van der Waals surface area contributed by atoms with E-state index in [9.17, 15) is 4.79 Å². The van der Waals surface area contributed by atoms with Crippen LogP contribution in [0.2, 0.25) is 0 Å². The van der Waals surface area contributed by atoms with Gasteiger partial charge in [0.05, 0.1) is 0 Å². The molecule has 0 bridgehead atoms. The van der Waals surface area contributed by atoms with E-state index in [1.54, 1.807) is 0 Å². The maximum absolute atomic E-state index is 11.8. The molecule has 0 unspecified atom stereocenters. The second-order valence-electron chi connectivity index (χ2n) is 4.47. The Kier molecular flexibility index (Phi) is 3.20. The molecule has 1 fully saturated rings. The lowest BCUT2D eigenvalue weighted by Gasteiger charge is -2.24. The topological polar surface area (TPSA) is 17.1 Å². The van der Waals surface area contributed by atoms with Gasteiger partial charge < -0.3 is 0 Å². The third-order valence-electron chi connectivity index (χ3n) is 3.38. The van der Waals surface area contributed by atoms with Gasteiger partial charge in [0.1, 0.15) is 0 Å². The number of aryl methyl sites for hydroxylation is 1. The highest BCUT2D eigenvalue weighted by Gasteiger charge is 2.21. The molecule has 0 saturated heterocycles. The number of ketones is 1. The summed E-state index contributed by atoms with van der Waals surface area (Å²) >= 11 is 0. The normalized spacial score (nSPS) is 16.1. The van der Waals surface area contributed by atoms with Gasteiger partial charge in [0.25, 0.3) is 0 Å². The maximum Gasteiger partial charge on any atom is 0.163 e. The lowest BCUT2D eigenvalue weighted by atomic mass is 9.81. The standard InChI is InChI=1S/C14H18O/c1-2-11-6-8-13(9-7-11)14(15)10-12-4-3-5-12/h6-9,12H,2-5,10H2,1H3. The number of rotatable bonds is 4. The molecule has 0 atom stereocenters. The van der Waals surface area contributed by atoms with Gasteiger partial charge in [-0.2, -0.15) is 0 Å². The lowest BCUT2D eigenvalue weighted by Crippen LogP contribution is -2.15. The minimum absolute atomic E-state index is 0.322. The van der Waals surface area contributed by atoms with Crippen LogP contribution in [0.15, 0.2) is 24.3 Å². The number of carbonyl (C=O) groups is 1. The highest BCUT2D eigenvalue weighted by atomic mass is 16.1. The van der Waals surface area contributed by atoms with E-state index in [-0.39, 0.29) is 0 Å². The van der Waals surface area contributed by atoms with Crippen molar-refractivity contribution in [2.45, 2.75) is 39.0 Å². The first-order valence-electron chi connectivity index (χ1n) is 5.91.